The lowest BCUT2D eigenvalue weighted by atomic mass is 9.98. The van der Waals surface area contributed by atoms with Crippen LogP contribution in [0.1, 0.15) is 26.5 Å². The van der Waals surface area contributed by atoms with Crippen LogP contribution in [-0.4, -0.2) is 81.9 Å². The van der Waals surface area contributed by atoms with Crippen molar-refractivity contribution in [3.05, 3.63) is 22.3 Å². The molecule has 0 bridgehead atoms. The molecule has 0 unspecified atom stereocenters. The van der Waals surface area contributed by atoms with E-state index in [1.165, 1.54) is 40.9 Å². The zero-order valence-electron chi connectivity index (χ0n) is 21.0. The SMILES string of the molecule is CO/N=C(/C(=O)N[C@@H]1C(=O)N2C(C(=O)OCOC(=O)C(C)(C)C)=C(CSCC#N)CS[C@H]12)c1csc(N)n1. The maximum Gasteiger partial charge on any atom is 0.357 e. The summed E-state index contributed by atoms with van der Waals surface area (Å²) in [4.78, 5) is 61.2. The average molecular weight is 583 g/mol. The van der Waals surface area contributed by atoms with Gasteiger partial charge in [0.15, 0.2) is 10.8 Å². The van der Waals surface area contributed by atoms with E-state index < -0.39 is 47.4 Å². The zero-order valence-corrected chi connectivity index (χ0v) is 23.5. The quantitative estimate of drug-likeness (QED) is 0.1000. The van der Waals surface area contributed by atoms with Gasteiger partial charge in [-0.3, -0.25) is 19.3 Å². The molecular formula is C22H26N6O7S3. The number of amides is 2. The second-order valence-electron chi connectivity index (χ2n) is 8.89. The van der Waals surface area contributed by atoms with Crippen molar-refractivity contribution in [1.29, 1.82) is 5.26 Å². The van der Waals surface area contributed by atoms with Crippen molar-refractivity contribution in [2.75, 3.05) is 36.9 Å². The van der Waals surface area contributed by atoms with Gasteiger partial charge in [-0.05, 0) is 26.3 Å². The van der Waals surface area contributed by atoms with E-state index in [0.29, 0.717) is 17.1 Å². The highest BCUT2D eigenvalue weighted by molar-refractivity contribution is 8.01. The highest BCUT2D eigenvalue weighted by atomic mass is 32.2. The molecule has 3 N–H and O–H groups in total. The summed E-state index contributed by atoms with van der Waals surface area (Å²) in [7, 11) is 1.27. The van der Waals surface area contributed by atoms with Gasteiger partial charge in [0.1, 0.15) is 29.9 Å². The molecule has 204 valence electrons. The van der Waals surface area contributed by atoms with Gasteiger partial charge in [-0.25, -0.2) is 9.78 Å². The predicted molar refractivity (Wildman–Crippen MR) is 142 cm³/mol. The number of nitrogens with zero attached hydrogens (tertiary/aromatic N) is 4. The molecular weight excluding hydrogens is 556 g/mol. The van der Waals surface area contributed by atoms with Gasteiger partial charge in [0, 0.05) is 16.9 Å². The molecule has 1 aromatic heterocycles. The summed E-state index contributed by atoms with van der Waals surface area (Å²) in [5.41, 5.74) is 5.51. The van der Waals surface area contributed by atoms with E-state index in [1.54, 1.807) is 20.8 Å². The maximum atomic E-state index is 13.2. The van der Waals surface area contributed by atoms with Gasteiger partial charge in [0.05, 0.1) is 17.2 Å². The minimum atomic E-state index is -0.958. The first kappa shape index (κ1) is 29.3. The molecule has 2 atom stereocenters. The van der Waals surface area contributed by atoms with Crippen LogP contribution in [0, 0.1) is 16.7 Å². The normalized spacial score (nSPS) is 19.2. The number of nitriles is 1. The molecule has 0 aliphatic carbocycles. The van der Waals surface area contributed by atoms with Gasteiger partial charge < -0.3 is 25.4 Å². The summed E-state index contributed by atoms with van der Waals surface area (Å²) in [5.74, 6) is -1.77. The number of anilines is 1. The molecule has 0 saturated carbocycles. The molecule has 16 heteroatoms. The smallest absolute Gasteiger partial charge is 0.357 e. The number of hydrogen-bond donors (Lipinski definition) is 2. The predicted octanol–water partition coefficient (Wildman–Crippen LogP) is 1.08. The number of thioether (sulfide) groups is 2. The fourth-order valence-electron chi connectivity index (χ4n) is 3.33. The van der Waals surface area contributed by atoms with Crippen molar-refractivity contribution in [3.8, 4) is 6.07 Å². The third-order valence-electron chi connectivity index (χ3n) is 5.12. The van der Waals surface area contributed by atoms with Crippen LogP contribution in [0.15, 0.2) is 21.8 Å². The van der Waals surface area contributed by atoms with Crippen molar-refractivity contribution in [2.45, 2.75) is 32.2 Å². The topological polar surface area (TPSA) is 186 Å². The Morgan fingerprint density at radius 3 is 2.71 bits per heavy atom. The van der Waals surface area contributed by atoms with Crippen LogP contribution in [0.25, 0.3) is 0 Å². The Kier molecular flexibility index (Phi) is 9.63. The largest absolute Gasteiger partial charge is 0.427 e. The number of nitrogens with one attached hydrogen (secondary N) is 1. The number of β-lactam (4-membered cyclic amide) rings is 1. The molecule has 0 spiro atoms. The molecule has 1 aromatic rings. The number of aromatic nitrogens is 1. The van der Waals surface area contributed by atoms with Gasteiger partial charge in [0.2, 0.25) is 6.79 Å². The number of nitrogen functional groups attached to an aromatic ring is 1. The lowest BCUT2D eigenvalue weighted by molar-refractivity contribution is -0.173. The molecule has 0 aromatic carbocycles. The van der Waals surface area contributed by atoms with Crippen LogP contribution in [0.5, 0.6) is 0 Å². The van der Waals surface area contributed by atoms with Crippen LogP contribution in [0.2, 0.25) is 0 Å². The first-order chi connectivity index (χ1) is 18.0. The Balaban J connectivity index is 1.76. The molecule has 3 rings (SSSR count). The number of ether oxygens (including phenoxy) is 2. The summed E-state index contributed by atoms with van der Waals surface area (Å²) in [6.07, 6.45) is 0. The van der Waals surface area contributed by atoms with Crippen molar-refractivity contribution in [2.24, 2.45) is 10.6 Å². The number of hydrogen-bond acceptors (Lipinski definition) is 14. The number of oxime groups is 1. The zero-order chi connectivity index (χ0) is 28.0. The summed E-state index contributed by atoms with van der Waals surface area (Å²) in [6.45, 7) is 4.36. The summed E-state index contributed by atoms with van der Waals surface area (Å²) in [5, 5.41) is 16.4. The Morgan fingerprint density at radius 1 is 1.37 bits per heavy atom. The summed E-state index contributed by atoms with van der Waals surface area (Å²) < 4.78 is 10.2. The second kappa shape index (κ2) is 12.5. The number of rotatable bonds is 10. The number of carbonyl (C=O) groups excluding carboxylic acids is 4. The van der Waals surface area contributed by atoms with Crippen molar-refractivity contribution >= 4 is 69.5 Å². The molecule has 2 amide bonds. The van der Waals surface area contributed by atoms with Crippen molar-refractivity contribution < 1.29 is 33.5 Å². The Morgan fingerprint density at radius 2 is 2.11 bits per heavy atom. The molecule has 3 heterocycles. The standard InChI is InChI=1S/C22H26N6O7S3/c1-22(2,3)20(32)35-10-34-19(31)15-11(7-36-6-5-23)8-37-18-14(17(30)28(15)18)26-16(29)13(27-33-4)12-9-38-21(24)25-12/h9,14,18H,6-8,10H2,1-4H3,(H2,24,25)(H,26,29)/b27-13+/t14-,18-/m1/s1. The highest BCUT2D eigenvalue weighted by Crippen LogP contribution is 2.41. The number of carbonyl (C=O) groups is 4. The van der Waals surface area contributed by atoms with Gasteiger partial charge in [-0.2, -0.15) is 5.26 Å². The Hall–Kier alpha value is -3.29. The highest BCUT2D eigenvalue weighted by Gasteiger charge is 2.54. The third-order valence-corrected chi connectivity index (χ3v) is 8.02. The van der Waals surface area contributed by atoms with Crippen molar-refractivity contribution in [1.82, 2.24) is 15.2 Å². The number of thiazole rings is 1. The minimum Gasteiger partial charge on any atom is -0.427 e. The molecule has 0 radical (unpaired) electrons. The molecule has 2 aliphatic rings. The van der Waals surface area contributed by atoms with E-state index in [0.717, 1.165) is 11.3 Å². The lowest BCUT2D eigenvalue weighted by Crippen LogP contribution is -2.71. The van der Waals surface area contributed by atoms with E-state index in [2.05, 4.69) is 15.5 Å². The van der Waals surface area contributed by atoms with E-state index in [9.17, 15) is 19.2 Å². The van der Waals surface area contributed by atoms with Gasteiger partial charge >= 0.3 is 11.9 Å². The molecule has 38 heavy (non-hydrogen) atoms. The first-order valence-electron chi connectivity index (χ1n) is 11.1. The molecule has 1 fully saturated rings. The van der Waals surface area contributed by atoms with Gasteiger partial charge in [0.25, 0.3) is 11.8 Å². The average Bonchev–Trinajstić information content (AvgIpc) is 3.30. The Bertz CT molecular complexity index is 1220. The minimum absolute atomic E-state index is 0.0135. The monoisotopic (exact) mass is 582 g/mol. The Labute approximate surface area is 231 Å². The fraction of sp³-hybridized carbons (Fsp3) is 0.500. The molecule has 13 nitrogen and oxygen atoms in total. The summed E-state index contributed by atoms with van der Waals surface area (Å²) >= 11 is 3.75. The maximum absolute atomic E-state index is 13.2. The molecule has 2 aliphatic heterocycles. The summed E-state index contributed by atoms with van der Waals surface area (Å²) in [6, 6.07) is 1.06. The number of nitrogens with two attached hydrogens (primary N) is 1. The van der Waals surface area contributed by atoms with Crippen molar-refractivity contribution in [3.63, 3.8) is 0 Å². The third kappa shape index (κ3) is 6.58. The first-order valence-corrected chi connectivity index (χ1v) is 14.2. The van der Waals surface area contributed by atoms with E-state index in [-0.39, 0.29) is 28.0 Å². The van der Waals surface area contributed by atoms with Gasteiger partial charge in [-0.15, -0.1) is 34.9 Å². The van der Waals surface area contributed by atoms with Crippen LogP contribution in [-0.2, 0) is 33.5 Å². The lowest BCUT2D eigenvalue weighted by Gasteiger charge is -2.49. The molecule has 1 saturated heterocycles. The van der Waals surface area contributed by atoms with Crippen LogP contribution in [0.3, 0.4) is 0 Å². The van der Waals surface area contributed by atoms with E-state index >= 15 is 0 Å². The number of fused-ring (bicyclic) bond motifs is 1. The van der Waals surface area contributed by atoms with Crippen LogP contribution in [0.4, 0.5) is 5.13 Å². The fourth-order valence-corrected chi connectivity index (χ4v) is 6.03. The van der Waals surface area contributed by atoms with E-state index in [1.807, 2.05) is 6.07 Å². The number of esters is 2. The van der Waals surface area contributed by atoms with E-state index in [4.69, 9.17) is 25.3 Å². The van der Waals surface area contributed by atoms with Crippen LogP contribution < -0.4 is 11.1 Å². The van der Waals surface area contributed by atoms with Crippen LogP contribution >= 0.6 is 34.9 Å². The van der Waals surface area contributed by atoms with Gasteiger partial charge in [-0.1, -0.05) is 5.16 Å². The second-order valence-corrected chi connectivity index (χ2v) is 11.9.